The lowest BCUT2D eigenvalue weighted by atomic mass is 10.1. The third kappa shape index (κ3) is 3.70. The quantitative estimate of drug-likeness (QED) is 0.443. The number of aromatic nitrogens is 2. The molecule has 0 aliphatic carbocycles. The molecule has 0 saturated heterocycles. The molecule has 0 aliphatic heterocycles. The van der Waals surface area contributed by atoms with Crippen molar-refractivity contribution in [2.75, 3.05) is 19.4 Å². The average Bonchev–Trinajstić information content (AvgIpc) is 3.08. The minimum atomic E-state index is -0.393. The maximum Gasteiger partial charge on any atom is 0.255 e. The second kappa shape index (κ2) is 7.88. The Balaban J connectivity index is 1.77. The van der Waals surface area contributed by atoms with Crippen LogP contribution in [0.4, 0.5) is 5.69 Å². The Labute approximate surface area is 173 Å². The number of pyridine rings is 1. The molecule has 0 fully saturated rings. The van der Waals surface area contributed by atoms with Crippen molar-refractivity contribution >= 4 is 17.2 Å². The molecular formula is C23H22N4O3. The van der Waals surface area contributed by atoms with E-state index in [-0.39, 0.29) is 17.1 Å². The number of aromatic hydroxyl groups is 2. The van der Waals surface area contributed by atoms with Crippen molar-refractivity contribution in [2.45, 2.75) is 6.54 Å². The van der Waals surface area contributed by atoms with Crippen LogP contribution < -0.4 is 5.32 Å². The fourth-order valence-electron chi connectivity index (χ4n) is 3.37. The Kier molecular flexibility index (Phi) is 5.12. The van der Waals surface area contributed by atoms with Gasteiger partial charge in [0.25, 0.3) is 5.91 Å². The lowest BCUT2D eigenvalue weighted by Crippen LogP contribution is -2.14. The van der Waals surface area contributed by atoms with Crippen molar-refractivity contribution in [2.24, 2.45) is 0 Å². The molecule has 0 saturated carbocycles. The molecule has 0 aliphatic rings. The Hall–Kier alpha value is -3.84. The van der Waals surface area contributed by atoms with Crippen molar-refractivity contribution in [1.29, 1.82) is 0 Å². The van der Waals surface area contributed by atoms with Gasteiger partial charge < -0.3 is 24.8 Å². The number of amides is 1. The van der Waals surface area contributed by atoms with Gasteiger partial charge in [0.05, 0.1) is 17.1 Å². The van der Waals surface area contributed by atoms with Crippen LogP contribution in [-0.4, -0.2) is 44.5 Å². The molecule has 152 valence electrons. The molecule has 7 nitrogen and oxygen atoms in total. The molecule has 4 aromatic rings. The molecule has 0 atom stereocenters. The summed E-state index contributed by atoms with van der Waals surface area (Å²) in [6.07, 6.45) is 1.98. The molecule has 2 aromatic heterocycles. The number of nitrogens with one attached hydrogen (secondary N) is 1. The van der Waals surface area contributed by atoms with Crippen LogP contribution >= 0.6 is 0 Å². The summed E-state index contributed by atoms with van der Waals surface area (Å²) in [4.78, 5) is 19.6. The smallest absolute Gasteiger partial charge is 0.255 e. The van der Waals surface area contributed by atoms with E-state index in [0.29, 0.717) is 12.2 Å². The highest BCUT2D eigenvalue weighted by Gasteiger charge is 2.18. The second-order valence-corrected chi connectivity index (χ2v) is 7.28. The normalized spacial score (nSPS) is 11.2. The molecule has 4 rings (SSSR count). The van der Waals surface area contributed by atoms with Crippen LogP contribution in [0.3, 0.4) is 0 Å². The number of phenolic OH excluding ortho intramolecular Hbond substituents is 2. The second-order valence-electron chi connectivity index (χ2n) is 7.28. The minimum Gasteiger partial charge on any atom is -0.504 e. The first kappa shape index (κ1) is 19.5. The van der Waals surface area contributed by atoms with Crippen LogP contribution in [0.15, 0.2) is 66.9 Å². The van der Waals surface area contributed by atoms with Gasteiger partial charge in [0, 0.05) is 23.9 Å². The molecular weight excluding hydrogens is 380 g/mol. The standard InChI is InChI=1S/C23H22N4O3/c1-26(2)14-18-22(25-21-9-5-6-12-27(18)21)16-7-3-4-8-17(16)24-23(30)15-10-11-19(28)20(29)13-15/h3-13,28-29H,14H2,1-2H3,(H,24,30). The third-order valence-electron chi connectivity index (χ3n) is 4.76. The summed E-state index contributed by atoms with van der Waals surface area (Å²) in [6, 6.07) is 17.3. The molecule has 2 heterocycles. The summed E-state index contributed by atoms with van der Waals surface area (Å²) in [5.41, 5.74) is 4.28. The third-order valence-corrected chi connectivity index (χ3v) is 4.76. The van der Waals surface area contributed by atoms with E-state index in [4.69, 9.17) is 4.98 Å². The molecule has 1 amide bonds. The Morgan fingerprint density at radius 1 is 1.03 bits per heavy atom. The summed E-state index contributed by atoms with van der Waals surface area (Å²) in [6.45, 7) is 0.675. The van der Waals surface area contributed by atoms with Crippen LogP contribution in [0.1, 0.15) is 16.1 Å². The number of carbonyl (C=O) groups is 1. The first-order chi connectivity index (χ1) is 14.4. The minimum absolute atomic E-state index is 0.239. The van der Waals surface area contributed by atoms with Crippen LogP contribution in [0, 0.1) is 0 Å². The SMILES string of the molecule is CN(C)Cc1c(-c2ccccc2NC(=O)c2ccc(O)c(O)c2)nc2ccccn12. The fourth-order valence-corrected chi connectivity index (χ4v) is 3.37. The van der Waals surface area contributed by atoms with Gasteiger partial charge in [-0.2, -0.15) is 0 Å². The monoisotopic (exact) mass is 402 g/mol. The average molecular weight is 402 g/mol. The summed E-state index contributed by atoms with van der Waals surface area (Å²) in [5.74, 6) is -1.01. The maximum absolute atomic E-state index is 12.8. The molecule has 30 heavy (non-hydrogen) atoms. The summed E-state index contributed by atoms with van der Waals surface area (Å²) in [7, 11) is 3.99. The molecule has 2 aromatic carbocycles. The molecule has 0 radical (unpaired) electrons. The van der Waals surface area contributed by atoms with E-state index in [2.05, 4.69) is 10.2 Å². The largest absolute Gasteiger partial charge is 0.504 e. The summed E-state index contributed by atoms with van der Waals surface area (Å²) < 4.78 is 2.05. The maximum atomic E-state index is 12.8. The molecule has 3 N–H and O–H groups in total. The zero-order valence-electron chi connectivity index (χ0n) is 16.7. The number of nitrogens with zero attached hydrogens (tertiary/aromatic N) is 3. The Morgan fingerprint density at radius 2 is 1.80 bits per heavy atom. The van der Waals surface area contributed by atoms with Crippen LogP contribution in [0.2, 0.25) is 0 Å². The Morgan fingerprint density at radius 3 is 2.57 bits per heavy atom. The van der Waals surface area contributed by atoms with E-state index < -0.39 is 5.91 Å². The zero-order chi connectivity index (χ0) is 21.3. The predicted molar refractivity (Wildman–Crippen MR) is 116 cm³/mol. The van der Waals surface area contributed by atoms with E-state index in [1.165, 1.54) is 18.2 Å². The van der Waals surface area contributed by atoms with E-state index in [1.807, 2.05) is 67.2 Å². The molecule has 0 bridgehead atoms. The van der Waals surface area contributed by atoms with Crippen LogP contribution in [0.25, 0.3) is 16.9 Å². The first-order valence-corrected chi connectivity index (χ1v) is 9.47. The summed E-state index contributed by atoms with van der Waals surface area (Å²) >= 11 is 0. The number of carbonyl (C=O) groups excluding carboxylic acids is 1. The van der Waals surface area contributed by atoms with E-state index in [1.54, 1.807) is 0 Å². The number of anilines is 1. The fraction of sp³-hybridized carbons (Fsp3) is 0.130. The van der Waals surface area contributed by atoms with Crippen molar-refractivity contribution in [3.63, 3.8) is 0 Å². The Bertz CT molecular complexity index is 1230. The number of imidazole rings is 1. The number of hydrogen-bond acceptors (Lipinski definition) is 5. The predicted octanol–water partition coefficient (Wildman–Crippen LogP) is 3.73. The number of phenols is 2. The van der Waals surface area contributed by atoms with Crippen LogP contribution in [-0.2, 0) is 6.54 Å². The highest BCUT2D eigenvalue weighted by Crippen LogP contribution is 2.32. The topological polar surface area (TPSA) is 90.1 Å². The van der Waals surface area contributed by atoms with Crippen molar-refractivity contribution < 1.29 is 15.0 Å². The van der Waals surface area contributed by atoms with E-state index in [0.717, 1.165) is 22.6 Å². The first-order valence-electron chi connectivity index (χ1n) is 9.47. The number of fused-ring (bicyclic) bond motifs is 1. The zero-order valence-corrected chi connectivity index (χ0v) is 16.7. The number of rotatable bonds is 5. The van der Waals surface area contributed by atoms with E-state index in [9.17, 15) is 15.0 Å². The van der Waals surface area contributed by atoms with Crippen molar-refractivity contribution in [1.82, 2.24) is 14.3 Å². The van der Waals surface area contributed by atoms with Crippen molar-refractivity contribution in [3.8, 4) is 22.8 Å². The van der Waals surface area contributed by atoms with Gasteiger partial charge >= 0.3 is 0 Å². The van der Waals surface area contributed by atoms with Gasteiger partial charge in [-0.05, 0) is 50.5 Å². The van der Waals surface area contributed by atoms with Gasteiger partial charge in [0.15, 0.2) is 11.5 Å². The van der Waals surface area contributed by atoms with Gasteiger partial charge in [-0.15, -0.1) is 0 Å². The van der Waals surface area contributed by atoms with Gasteiger partial charge in [-0.3, -0.25) is 4.79 Å². The highest BCUT2D eigenvalue weighted by molar-refractivity contribution is 6.06. The van der Waals surface area contributed by atoms with Gasteiger partial charge in [0.1, 0.15) is 5.65 Å². The molecule has 7 heteroatoms. The lowest BCUT2D eigenvalue weighted by Gasteiger charge is -2.14. The van der Waals surface area contributed by atoms with Gasteiger partial charge in [0.2, 0.25) is 0 Å². The molecule has 0 unspecified atom stereocenters. The van der Waals surface area contributed by atoms with Crippen molar-refractivity contribution in [3.05, 3.63) is 78.1 Å². The number of benzene rings is 2. The number of para-hydroxylation sites is 1. The van der Waals surface area contributed by atoms with Gasteiger partial charge in [-0.25, -0.2) is 4.98 Å². The molecule has 0 spiro atoms. The van der Waals surface area contributed by atoms with Crippen LogP contribution in [0.5, 0.6) is 11.5 Å². The summed E-state index contributed by atoms with van der Waals surface area (Å²) in [5, 5.41) is 22.1. The van der Waals surface area contributed by atoms with E-state index >= 15 is 0 Å². The lowest BCUT2D eigenvalue weighted by molar-refractivity contribution is 0.102. The highest BCUT2D eigenvalue weighted by atomic mass is 16.3. The number of hydrogen-bond donors (Lipinski definition) is 3. The van der Waals surface area contributed by atoms with Gasteiger partial charge in [-0.1, -0.05) is 24.3 Å².